The van der Waals surface area contributed by atoms with Gasteiger partial charge in [0.05, 0.1) is 0 Å². The van der Waals surface area contributed by atoms with Crippen LogP contribution in [0, 0.1) is 17.8 Å². The molecule has 142 valence electrons. The summed E-state index contributed by atoms with van der Waals surface area (Å²) in [6.07, 6.45) is 8.72. The number of hydrogen-bond acceptors (Lipinski definition) is 2. The van der Waals surface area contributed by atoms with E-state index < -0.39 is 0 Å². The van der Waals surface area contributed by atoms with Gasteiger partial charge < -0.3 is 15.1 Å². The Morgan fingerprint density at radius 2 is 2.08 bits per heavy atom. The van der Waals surface area contributed by atoms with E-state index >= 15 is 0 Å². The van der Waals surface area contributed by atoms with E-state index in [1.807, 2.05) is 0 Å². The smallest absolute Gasteiger partial charge is 0.320 e. The van der Waals surface area contributed by atoms with Crippen molar-refractivity contribution in [1.82, 2.24) is 15.1 Å². The van der Waals surface area contributed by atoms with E-state index in [9.17, 15) is 9.59 Å². The van der Waals surface area contributed by atoms with Crippen LogP contribution >= 0.6 is 0 Å². The molecule has 5 heteroatoms. The first kappa shape index (κ1) is 18.5. The summed E-state index contributed by atoms with van der Waals surface area (Å²) in [7, 11) is 0. The summed E-state index contributed by atoms with van der Waals surface area (Å²) in [5.74, 6) is 1.91. The van der Waals surface area contributed by atoms with Crippen molar-refractivity contribution in [3.8, 4) is 0 Å². The molecule has 3 saturated heterocycles. The lowest BCUT2D eigenvalue weighted by molar-refractivity contribution is -0.124. The maximum atomic E-state index is 12.9. The third kappa shape index (κ3) is 4.48. The van der Waals surface area contributed by atoms with Gasteiger partial charge in [-0.3, -0.25) is 4.79 Å². The monoisotopic (exact) mass is 349 g/mol. The third-order valence-corrected chi connectivity index (χ3v) is 6.70. The van der Waals surface area contributed by atoms with E-state index in [0.29, 0.717) is 30.2 Å². The molecule has 3 rings (SSSR count). The number of likely N-dealkylation sites (tertiary alicyclic amines) is 2. The average Bonchev–Trinajstić information content (AvgIpc) is 3.09. The topological polar surface area (TPSA) is 52.7 Å². The predicted molar refractivity (Wildman–Crippen MR) is 99.2 cm³/mol. The molecule has 0 bridgehead atoms. The number of urea groups is 1. The van der Waals surface area contributed by atoms with Crippen molar-refractivity contribution in [3.63, 3.8) is 0 Å². The Balaban J connectivity index is 1.49. The molecule has 4 atom stereocenters. The maximum absolute atomic E-state index is 12.9. The van der Waals surface area contributed by atoms with Crippen molar-refractivity contribution in [1.29, 1.82) is 0 Å². The molecule has 3 unspecified atom stereocenters. The number of carbonyl (C=O) groups is 2. The van der Waals surface area contributed by atoms with Gasteiger partial charge in [-0.15, -0.1) is 0 Å². The van der Waals surface area contributed by atoms with Crippen molar-refractivity contribution in [2.45, 2.75) is 71.3 Å². The highest BCUT2D eigenvalue weighted by Crippen LogP contribution is 2.32. The molecule has 0 radical (unpaired) electrons. The first-order valence-corrected chi connectivity index (χ1v) is 10.4. The minimum absolute atomic E-state index is 0.210. The largest absolute Gasteiger partial charge is 0.356 e. The molecule has 3 aliphatic rings. The number of nitrogens with zero attached hydrogens (tertiary/aromatic N) is 2. The Bertz CT molecular complexity index is 482. The van der Waals surface area contributed by atoms with Crippen molar-refractivity contribution in [3.05, 3.63) is 0 Å². The maximum Gasteiger partial charge on any atom is 0.320 e. The number of amides is 3. The average molecular weight is 350 g/mol. The van der Waals surface area contributed by atoms with Crippen LogP contribution in [0.3, 0.4) is 0 Å². The predicted octanol–water partition coefficient (Wildman–Crippen LogP) is 3.25. The summed E-state index contributed by atoms with van der Waals surface area (Å²) in [4.78, 5) is 28.8. The number of nitrogens with one attached hydrogen (secondary N) is 1. The second-order valence-electron chi connectivity index (χ2n) is 8.45. The van der Waals surface area contributed by atoms with Gasteiger partial charge >= 0.3 is 6.03 Å². The molecule has 0 spiro atoms. The van der Waals surface area contributed by atoms with Gasteiger partial charge in [0, 0.05) is 38.6 Å². The SMILES string of the molecule is CCC1CCCCN1C(=O)N1CCC(CC(C)[C@@H]2CCNC(=O)C2)C1. The Labute approximate surface area is 152 Å². The van der Waals surface area contributed by atoms with Crippen LogP contribution in [-0.4, -0.2) is 54.0 Å². The van der Waals surface area contributed by atoms with Crippen LogP contribution < -0.4 is 5.32 Å². The highest BCUT2D eigenvalue weighted by Gasteiger charge is 2.34. The minimum Gasteiger partial charge on any atom is -0.356 e. The minimum atomic E-state index is 0.210. The molecule has 25 heavy (non-hydrogen) atoms. The first-order valence-electron chi connectivity index (χ1n) is 10.4. The molecule has 3 heterocycles. The Morgan fingerprint density at radius 1 is 1.24 bits per heavy atom. The lowest BCUT2D eigenvalue weighted by Crippen LogP contribution is -2.49. The van der Waals surface area contributed by atoms with Crippen LogP contribution in [0.4, 0.5) is 4.79 Å². The van der Waals surface area contributed by atoms with Crippen LogP contribution in [0.5, 0.6) is 0 Å². The van der Waals surface area contributed by atoms with E-state index in [-0.39, 0.29) is 11.9 Å². The Hall–Kier alpha value is -1.26. The summed E-state index contributed by atoms with van der Waals surface area (Å²) < 4.78 is 0. The van der Waals surface area contributed by atoms with Gasteiger partial charge in [-0.25, -0.2) is 4.79 Å². The van der Waals surface area contributed by atoms with Gasteiger partial charge in [0.2, 0.25) is 5.91 Å². The van der Waals surface area contributed by atoms with Gasteiger partial charge in [0.25, 0.3) is 0 Å². The second-order valence-corrected chi connectivity index (χ2v) is 8.45. The summed E-state index contributed by atoms with van der Waals surface area (Å²) in [6, 6.07) is 0.721. The lowest BCUT2D eigenvalue weighted by Gasteiger charge is -2.37. The van der Waals surface area contributed by atoms with Gasteiger partial charge in [-0.05, 0) is 62.7 Å². The summed E-state index contributed by atoms with van der Waals surface area (Å²) in [5, 5.41) is 2.93. The van der Waals surface area contributed by atoms with Crippen LogP contribution in [0.15, 0.2) is 0 Å². The zero-order valence-corrected chi connectivity index (χ0v) is 16.0. The second kappa shape index (κ2) is 8.41. The zero-order valence-electron chi connectivity index (χ0n) is 16.0. The molecule has 0 aromatic carbocycles. The van der Waals surface area contributed by atoms with E-state index in [4.69, 9.17) is 0 Å². The quantitative estimate of drug-likeness (QED) is 0.847. The molecule has 3 fully saturated rings. The molecule has 0 aromatic rings. The van der Waals surface area contributed by atoms with Crippen LogP contribution in [0.25, 0.3) is 0 Å². The number of piperidine rings is 2. The Kier molecular flexibility index (Phi) is 6.24. The van der Waals surface area contributed by atoms with Gasteiger partial charge in [-0.2, -0.15) is 0 Å². The number of hydrogen-bond donors (Lipinski definition) is 1. The van der Waals surface area contributed by atoms with Crippen molar-refractivity contribution < 1.29 is 9.59 Å². The Morgan fingerprint density at radius 3 is 2.84 bits per heavy atom. The summed E-state index contributed by atoms with van der Waals surface area (Å²) >= 11 is 0. The van der Waals surface area contributed by atoms with Crippen LogP contribution in [-0.2, 0) is 4.79 Å². The fraction of sp³-hybridized carbons (Fsp3) is 0.900. The van der Waals surface area contributed by atoms with Crippen molar-refractivity contribution in [2.24, 2.45) is 17.8 Å². The zero-order chi connectivity index (χ0) is 17.8. The molecule has 3 aliphatic heterocycles. The molecular formula is C20H35N3O2. The fourth-order valence-corrected chi connectivity index (χ4v) is 5.07. The molecule has 5 nitrogen and oxygen atoms in total. The van der Waals surface area contributed by atoms with Crippen LogP contribution in [0.1, 0.15) is 65.2 Å². The normalized spacial score (nSPS) is 31.8. The molecule has 0 aromatic heterocycles. The summed E-state index contributed by atoms with van der Waals surface area (Å²) in [6.45, 7) is 8.09. The molecule has 1 N–H and O–H groups in total. The fourth-order valence-electron chi connectivity index (χ4n) is 5.07. The van der Waals surface area contributed by atoms with Crippen LogP contribution in [0.2, 0.25) is 0 Å². The van der Waals surface area contributed by atoms with Gasteiger partial charge in [0.15, 0.2) is 0 Å². The molecule has 3 amide bonds. The van der Waals surface area contributed by atoms with E-state index in [1.54, 1.807) is 0 Å². The standard InChI is InChI=1S/C20H35N3O2/c1-3-18-6-4-5-10-23(18)20(25)22-11-8-16(14-22)12-15(2)17-7-9-21-19(24)13-17/h15-18H,3-14H2,1-2H3,(H,21,24)/t15?,16?,17-,18?/m1/s1. The van der Waals surface area contributed by atoms with Gasteiger partial charge in [-0.1, -0.05) is 13.8 Å². The molecule has 0 aliphatic carbocycles. The van der Waals surface area contributed by atoms with Crippen molar-refractivity contribution >= 4 is 11.9 Å². The molecular weight excluding hydrogens is 314 g/mol. The van der Waals surface area contributed by atoms with E-state index in [1.165, 1.54) is 12.8 Å². The lowest BCUT2D eigenvalue weighted by atomic mass is 9.80. The number of rotatable bonds is 4. The van der Waals surface area contributed by atoms with Gasteiger partial charge in [0.1, 0.15) is 0 Å². The van der Waals surface area contributed by atoms with E-state index in [2.05, 4.69) is 29.0 Å². The summed E-state index contributed by atoms with van der Waals surface area (Å²) in [5.41, 5.74) is 0. The first-order chi connectivity index (χ1) is 12.1. The molecule has 0 saturated carbocycles. The number of carbonyl (C=O) groups excluding carboxylic acids is 2. The van der Waals surface area contributed by atoms with Crippen molar-refractivity contribution in [2.75, 3.05) is 26.2 Å². The third-order valence-electron chi connectivity index (χ3n) is 6.70. The van der Waals surface area contributed by atoms with E-state index in [0.717, 1.165) is 58.3 Å². The highest BCUT2D eigenvalue weighted by atomic mass is 16.2. The highest BCUT2D eigenvalue weighted by molar-refractivity contribution is 5.77.